The van der Waals surface area contributed by atoms with Crippen molar-refractivity contribution >= 4 is 33.2 Å². The van der Waals surface area contributed by atoms with Crippen molar-refractivity contribution in [2.45, 2.75) is 19.9 Å². The summed E-state index contributed by atoms with van der Waals surface area (Å²) in [7, 11) is 1.81. The Labute approximate surface area is 125 Å². The molecular formula is C14H15BrN2OS. The minimum atomic E-state index is -0.0696. The predicted molar refractivity (Wildman–Crippen MR) is 81.5 cm³/mol. The Morgan fingerprint density at radius 2 is 2.11 bits per heavy atom. The molecule has 0 bridgehead atoms. The van der Waals surface area contributed by atoms with Crippen molar-refractivity contribution in [1.82, 2.24) is 9.88 Å². The number of aromatic nitrogens is 1. The fraction of sp³-hybridized carbons (Fsp3) is 0.286. The zero-order valence-electron chi connectivity index (χ0n) is 11.1. The molecule has 2 aromatic rings. The molecule has 0 radical (unpaired) electrons. The fourth-order valence-electron chi connectivity index (χ4n) is 1.75. The lowest BCUT2D eigenvalue weighted by atomic mass is 10.2. The number of amides is 1. The van der Waals surface area contributed by atoms with Gasteiger partial charge < -0.3 is 4.90 Å². The molecule has 2 aromatic heterocycles. The molecule has 0 fully saturated rings. The molecule has 0 N–H and O–H groups in total. The van der Waals surface area contributed by atoms with E-state index in [1.54, 1.807) is 22.3 Å². The van der Waals surface area contributed by atoms with Gasteiger partial charge in [-0.2, -0.15) is 0 Å². The Morgan fingerprint density at radius 1 is 1.37 bits per heavy atom. The second-order valence-corrected chi connectivity index (χ2v) is 6.52. The van der Waals surface area contributed by atoms with Gasteiger partial charge in [-0.15, -0.1) is 11.3 Å². The zero-order chi connectivity index (χ0) is 14.0. The Bertz CT molecular complexity index is 597. The lowest BCUT2D eigenvalue weighted by Crippen LogP contribution is -2.29. The van der Waals surface area contributed by atoms with Crippen LogP contribution in [0.2, 0.25) is 0 Å². The van der Waals surface area contributed by atoms with Gasteiger partial charge in [0, 0.05) is 16.8 Å². The van der Waals surface area contributed by atoms with Gasteiger partial charge in [0.2, 0.25) is 0 Å². The van der Waals surface area contributed by atoms with Crippen molar-refractivity contribution in [3.05, 3.63) is 50.4 Å². The molecule has 2 heterocycles. The van der Waals surface area contributed by atoms with Gasteiger partial charge in [0.25, 0.3) is 5.91 Å². The van der Waals surface area contributed by atoms with Crippen LogP contribution in [0.15, 0.2) is 34.9 Å². The first-order valence-corrected chi connectivity index (χ1v) is 7.56. The van der Waals surface area contributed by atoms with Crippen molar-refractivity contribution in [3.63, 3.8) is 0 Å². The largest absolute Gasteiger partial charge is 0.333 e. The van der Waals surface area contributed by atoms with Crippen molar-refractivity contribution < 1.29 is 4.79 Å². The maximum atomic E-state index is 12.4. The molecule has 1 amide bonds. The molecule has 0 aliphatic heterocycles. The lowest BCUT2D eigenvalue weighted by Gasteiger charge is -2.23. The number of hydrogen-bond donors (Lipinski definition) is 0. The summed E-state index contributed by atoms with van der Waals surface area (Å²) in [4.78, 5) is 20.7. The minimum absolute atomic E-state index is 0.0481. The van der Waals surface area contributed by atoms with E-state index in [0.717, 1.165) is 0 Å². The van der Waals surface area contributed by atoms with Gasteiger partial charge in [-0.25, -0.2) is 4.98 Å². The summed E-state index contributed by atoms with van der Waals surface area (Å²) in [6.07, 6.45) is 0. The first-order valence-electron chi connectivity index (χ1n) is 5.95. The van der Waals surface area contributed by atoms with Crippen LogP contribution >= 0.6 is 27.3 Å². The summed E-state index contributed by atoms with van der Waals surface area (Å²) < 4.78 is 0.673. The molecule has 3 nitrogen and oxygen atoms in total. The quantitative estimate of drug-likeness (QED) is 0.791. The van der Waals surface area contributed by atoms with Crippen LogP contribution in [0, 0.1) is 6.92 Å². The maximum Gasteiger partial charge on any atom is 0.272 e. The number of halogens is 1. The zero-order valence-corrected chi connectivity index (χ0v) is 13.5. The van der Waals surface area contributed by atoms with Crippen LogP contribution in [0.4, 0.5) is 0 Å². The SMILES string of the molecule is Cc1ccc(C(C)N(C)C(=O)c2cccc(Br)n2)s1. The van der Waals surface area contributed by atoms with Gasteiger partial charge >= 0.3 is 0 Å². The summed E-state index contributed by atoms with van der Waals surface area (Å²) in [5.74, 6) is -0.0696. The van der Waals surface area contributed by atoms with E-state index in [-0.39, 0.29) is 11.9 Å². The summed E-state index contributed by atoms with van der Waals surface area (Å²) in [6.45, 7) is 4.10. The van der Waals surface area contributed by atoms with Crippen LogP contribution in [-0.2, 0) is 0 Å². The van der Waals surface area contributed by atoms with Crippen molar-refractivity contribution in [2.75, 3.05) is 7.05 Å². The van der Waals surface area contributed by atoms with Gasteiger partial charge in [-0.05, 0) is 54.0 Å². The highest BCUT2D eigenvalue weighted by Crippen LogP contribution is 2.27. The number of nitrogens with zero attached hydrogens (tertiary/aromatic N) is 2. The topological polar surface area (TPSA) is 33.2 Å². The smallest absolute Gasteiger partial charge is 0.272 e. The minimum Gasteiger partial charge on any atom is -0.333 e. The molecule has 0 aliphatic rings. The number of pyridine rings is 1. The molecule has 0 aromatic carbocycles. The van der Waals surface area contributed by atoms with E-state index in [1.807, 2.05) is 26.1 Å². The first-order chi connectivity index (χ1) is 8.99. The average Bonchev–Trinajstić information content (AvgIpc) is 2.83. The van der Waals surface area contributed by atoms with E-state index in [4.69, 9.17) is 0 Å². The van der Waals surface area contributed by atoms with E-state index >= 15 is 0 Å². The number of aryl methyl sites for hydroxylation is 1. The molecule has 1 unspecified atom stereocenters. The standard InChI is InChI=1S/C14H15BrN2OS/c1-9-7-8-12(19-9)10(2)17(3)14(18)11-5-4-6-13(15)16-11/h4-8,10H,1-3H3. The van der Waals surface area contributed by atoms with Gasteiger partial charge in [-0.1, -0.05) is 6.07 Å². The van der Waals surface area contributed by atoms with Crippen LogP contribution in [0.5, 0.6) is 0 Å². The van der Waals surface area contributed by atoms with Crippen molar-refractivity contribution in [1.29, 1.82) is 0 Å². The summed E-state index contributed by atoms with van der Waals surface area (Å²) >= 11 is 5.00. The summed E-state index contributed by atoms with van der Waals surface area (Å²) in [5, 5.41) is 0. The average molecular weight is 339 g/mol. The normalized spacial score (nSPS) is 12.2. The van der Waals surface area contributed by atoms with Crippen LogP contribution in [-0.4, -0.2) is 22.8 Å². The fourth-order valence-corrected chi connectivity index (χ4v) is 3.07. The van der Waals surface area contributed by atoms with Gasteiger partial charge in [-0.3, -0.25) is 4.79 Å². The monoisotopic (exact) mass is 338 g/mol. The third kappa shape index (κ3) is 3.22. The maximum absolute atomic E-state index is 12.4. The molecule has 0 spiro atoms. The Kier molecular flexibility index (Phi) is 4.37. The highest BCUT2D eigenvalue weighted by Gasteiger charge is 2.20. The molecule has 0 saturated heterocycles. The molecular weight excluding hydrogens is 324 g/mol. The highest BCUT2D eigenvalue weighted by atomic mass is 79.9. The van der Waals surface area contributed by atoms with Gasteiger partial charge in [0.1, 0.15) is 10.3 Å². The molecule has 2 rings (SSSR count). The molecule has 0 aliphatic carbocycles. The van der Waals surface area contributed by atoms with E-state index < -0.39 is 0 Å². The van der Waals surface area contributed by atoms with Crippen molar-refractivity contribution in [3.8, 4) is 0 Å². The summed E-state index contributed by atoms with van der Waals surface area (Å²) in [6, 6.07) is 9.55. The van der Waals surface area contributed by atoms with Crippen LogP contribution in [0.1, 0.15) is 33.2 Å². The Morgan fingerprint density at radius 3 is 2.68 bits per heavy atom. The Hall–Kier alpha value is -1.20. The number of thiophene rings is 1. The van der Waals surface area contributed by atoms with E-state index in [1.165, 1.54) is 9.75 Å². The number of carbonyl (C=O) groups is 1. The third-order valence-electron chi connectivity index (χ3n) is 3.01. The van der Waals surface area contributed by atoms with Crippen molar-refractivity contribution in [2.24, 2.45) is 0 Å². The summed E-state index contributed by atoms with van der Waals surface area (Å²) in [5.41, 5.74) is 0.456. The van der Waals surface area contributed by atoms with E-state index in [2.05, 4.69) is 40.0 Å². The lowest BCUT2D eigenvalue weighted by molar-refractivity contribution is 0.0739. The number of hydrogen-bond acceptors (Lipinski definition) is 3. The van der Waals surface area contributed by atoms with Gasteiger partial charge in [0.15, 0.2) is 0 Å². The van der Waals surface area contributed by atoms with Crippen LogP contribution in [0.3, 0.4) is 0 Å². The molecule has 0 saturated carbocycles. The second-order valence-electron chi connectivity index (χ2n) is 4.39. The van der Waals surface area contributed by atoms with Crippen LogP contribution in [0.25, 0.3) is 0 Å². The molecule has 1 atom stereocenters. The highest BCUT2D eigenvalue weighted by molar-refractivity contribution is 9.10. The number of rotatable bonds is 3. The van der Waals surface area contributed by atoms with Crippen LogP contribution < -0.4 is 0 Å². The van der Waals surface area contributed by atoms with E-state index in [0.29, 0.717) is 10.3 Å². The molecule has 19 heavy (non-hydrogen) atoms. The second kappa shape index (κ2) is 5.84. The predicted octanol–water partition coefficient (Wildman–Crippen LogP) is 4.05. The molecule has 100 valence electrons. The molecule has 5 heteroatoms. The first kappa shape index (κ1) is 14.2. The Balaban J connectivity index is 2.19. The van der Waals surface area contributed by atoms with E-state index in [9.17, 15) is 4.79 Å². The van der Waals surface area contributed by atoms with Gasteiger partial charge in [0.05, 0.1) is 6.04 Å². The third-order valence-corrected chi connectivity index (χ3v) is 4.62. The number of carbonyl (C=O) groups excluding carboxylic acids is 1.